The molecule has 0 aromatic rings. The zero-order valence-corrected chi connectivity index (χ0v) is 16.6. The van der Waals surface area contributed by atoms with E-state index in [0.717, 1.165) is 0 Å². The molecule has 0 fully saturated rings. The molecule has 0 aliphatic rings. The molecule has 0 aromatic carbocycles. The van der Waals surface area contributed by atoms with Gasteiger partial charge in [0.15, 0.2) is 0 Å². The molecule has 0 aliphatic carbocycles. The smallest absolute Gasteiger partial charge is 0.0679 e. The van der Waals surface area contributed by atoms with Gasteiger partial charge in [0.1, 0.15) is 0 Å². The van der Waals surface area contributed by atoms with Crippen LogP contribution in [0.3, 0.4) is 0 Å². The summed E-state index contributed by atoms with van der Waals surface area (Å²) in [6.45, 7) is 25.0. The summed E-state index contributed by atoms with van der Waals surface area (Å²) in [6, 6.07) is 1.49. The van der Waals surface area contributed by atoms with Gasteiger partial charge in [0.2, 0.25) is 0 Å². The molecule has 0 saturated carbocycles. The topological polar surface area (TPSA) is 0 Å². The number of rotatable bonds is 6. The second kappa shape index (κ2) is 8.37. The third kappa shape index (κ3) is 14.2. The molecule has 110 valence electrons. The molecule has 0 unspecified atom stereocenters. The van der Waals surface area contributed by atoms with Crippen molar-refractivity contribution < 1.29 is 0 Å². The Morgan fingerprint density at radius 3 is 1.44 bits per heavy atom. The zero-order chi connectivity index (χ0) is 15.0. The van der Waals surface area contributed by atoms with E-state index in [1.165, 1.54) is 25.3 Å². The van der Waals surface area contributed by atoms with Crippen LogP contribution >= 0.6 is 0 Å². The summed E-state index contributed by atoms with van der Waals surface area (Å²) in [4.78, 5) is 0. The van der Waals surface area contributed by atoms with E-state index in [1.807, 2.05) is 0 Å². The average molecular weight is 287 g/mol. The van der Waals surface area contributed by atoms with E-state index < -0.39 is 16.1 Å². The molecule has 0 nitrogen and oxygen atoms in total. The molecular formula is C16H38Si2. The lowest BCUT2D eigenvalue weighted by Crippen LogP contribution is -2.24. The van der Waals surface area contributed by atoms with Crippen molar-refractivity contribution in [2.45, 2.75) is 85.4 Å². The Hall–Kier alpha value is 0.174. The quantitative estimate of drug-likeness (QED) is 0.483. The lowest BCUT2D eigenvalue weighted by atomic mass is 9.82. The monoisotopic (exact) mass is 286 g/mol. The van der Waals surface area contributed by atoms with E-state index in [-0.39, 0.29) is 0 Å². The van der Waals surface area contributed by atoms with Crippen LogP contribution in [0.15, 0.2) is 12.3 Å². The molecule has 0 heterocycles. The molecule has 0 spiro atoms. The Bertz CT molecular complexity index is 214. The summed E-state index contributed by atoms with van der Waals surface area (Å²) in [5.74, 6) is 0. The second-order valence-corrected chi connectivity index (χ2v) is 18.9. The summed E-state index contributed by atoms with van der Waals surface area (Å²) in [5, 5.41) is 0. The maximum absolute atomic E-state index is 3.69. The lowest BCUT2D eigenvalue weighted by molar-refractivity contribution is 0.285. The first kappa shape index (κ1) is 20.5. The molecule has 0 saturated heterocycles. The Balaban J connectivity index is 0. The Morgan fingerprint density at radius 2 is 1.28 bits per heavy atom. The van der Waals surface area contributed by atoms with Crippen molar-refractivity contribution in [3.8, 4) is 0 Å². The van der Waals surface area contributed by atoms with Gasteiger partial charge in [-0.25, -0.2) is 0 Å². The highest BCUT2D eigenvalue weighted by atomic mass is 28.3. The summed E-state index contributed by atoms with van der Waals surface area (Å²) in [6.07, 6.45) is 4.12. The molecular weight excluding hydrogens is 248 g/mol. The molecule has 0 aliphatic heterocycles. The summed E-state index contributed by atoms with van der Waals surface area (Å²) in [5.41, 5.74) is 2.70. The van der Waals surface area contributed by atoms with Crippen LogP contribution in [-0.2, 0) is 0 Å². The molecule has 0 radical (unpaired) electrons. The molecule has 0 aromatic heterocycles. The van der Waals surface area contributed by atoms with E-state index in [9.17, 15) is 0 Å². The van der Waals surface area contributed by atoms with Crippen LogP contribution in [0, 0.1) is 5.41 Å². The fraction of sp³-hybridized carbons (Fsp3) is 0.875. The molecule has 0 atom stereocenters. The van der Waals surface area contributed by atoms with Gasteiger partial charge in [-0.1, -0.05) is 85.4 Å². The van der Waals surface area contributed by atoms with Crippen LogP contribution in [0.5, 0.6) is 0 Å². The Kier molecular flexibility index (Phi) is 9.52. The van der Waals surface area contributed by atoms with E-state index >= 15 is 0 Å². The standard InChI is InChI=1S/C11H26Si.C5H12Si/c1-7-11(3,8-2)9-10-12(4,5)6;1-5-6(2,3)4/h7-10H2,1-6H3;5H,1H2,2-4H3. The van der Waals surface area contributed by atoms with Crippen LogP contribution in [0.2, 0.25) is 45.3 Å². The van der Waals surface area contributed by atoms with Crippen molar-refractivity contribution in [2.24, 2.45) is 5.41 Å². The third-order valence-electron chi connectivity index (χ3n) is 3.80. The van der Waals surface area contributed by atoms with Crippen LogP contribution < -0.4 is 0 Å². The first-order valence-electron chi connectivity index (χ1n) is 7.53. The minimum absolute atomic E-state index is 0.625. The van der Waals surface area contributed by atoms with Crippen LogP contribution in [0.25, 0.3) is 0 Å². The molecule has 0 amide bonds. The number of hydrogen-bond donors (Lipinski definition) is 0. The van der Waals surface area contributed by atoms with Gasteiger partial charge in [0.25, 0.3) is 0 Å². The SMILES string of the molecule is C=C[Si](C)(C)C.CCC(C)(CC)CC[Si](C)(C)C. The van der Waals surface area contributed by atoms with Gasteiger partial charge in [0, 0.05) is 8.07 Å². The van der Waals surface area contributed by atoms with Crippen molar-refractivity contribution >= 4 is 16.1 Å². The highest BCUT2D eigenvalue weighted by Gasteiger charge is 2.23. The van der Waals surface area contributed by atoms with Gasteiger partial charge >= 0.3 is 0 Å². The number of hydrogen-bond acceptors (Lipinski definition) is 0. The van der Waals surface area contributed by atoms with Crippen molar-refractivity contribution in [3.63, 3.8) is 0 Å². The largest absolute Gasteiger partial charge is 0.107 e. The van der Waals surface area contributed by atoms with Crippen molar-refractivity contribution in [1.29, 1.82) is 0 Å². The summed E-state index contributed by atoms with van der Waals surface area (Å²) >= 11 is 0. The van der Waals surface area contributed by atoms with Gasteiger partial charge in [-0.3, -0.25) is 0 Å². The van der Waals surface area contributed by atoms with Crippen LogP contribution in [0.4, 0.5) is 0 Å². The maximum atomic E-state index is 3.69. The first-order valence-corrected chi connectivity index (χ1v) is 14.8. The Morgan fingerprint density at radius 1 is 0.944 bits per heavy atom. The second-order valence-electron chi connectivity index (χ2n) is 8.15. The van der Waals surface area contributed by atoms with Gasteiger partial charge in [0.05, 0.1) is 8.07 Å². The molecule has 18 heavy (non-hydrogen) atoms. The minimum Gasteiger partial charge on any atom is -0.107 e. The minimum atomic E-state index is -0.867. The maximum Gasteiger partial charge on any atom is 0.0679 e. The summed E-state index contributed by atoms with van der Waals surface area (Å²) in [7, 11) is -1.67. The fourth-order valence-electron chi connectivity index (χ4n) is 1.28. The Labute approximate surface area is 119 Å². The predicted octanol–water partition coefficient (Wildman–Crippen LogP) is 6.59. The van der Waals surface area contributed by atoms with Crippen molar-refractivity contribution in [2.75, 3.05) is 0 Å². The highest BCUT2D eigenvalue weighted by molar-refractivity contribution is 6.80. The normalized spacial score (nSPS) is 12.7. The third-order valence-corrected chi connectivity index (χ3v) is 6.77. The van der Waals surface area contributed by atoms with Crippen LogP contribution in [0.1, 0.15) is 40.0 Å². The van der Waals surface area contributed by atoms with Gasteiger partial charge in [-0.05, 0) is 5.41 Å². The van der Waals surface area contributed by atoms with E-state index in [1.54, 1.807) is 0 Å². The van der Waals surface area contributed by atoms with E-state index in [0.29, 0.717) is 5.41 Å². The molecule has 0 rings (SSSR count). The van der Waals surface area contributed by atoms with Gasteiger partial charge in [-0.15, -0.1) is 12.3 Å². The first-order chi connectivity index (χ1) is 7.89. The lowest BCUT2D eigenvalue weighted by Gasteiger charge is -2.29. The fourth-order valence-corrected chi connectivity index (χ4v) is 2.63. The molecule has 2 heteroatoms. The van der Waals surface area contributed by atoms with Gasteiger partial charge < -0.3 is 0 Å². The van der Waals surface area contributed by atoms with E-state index in [4.69, 9.17) is 0 Å². The summed E-state index contributed by atoms with van der Waals surface area (Å²) < 4.78 is 0. The highest BCUT2D eigenvalue weighted by Crippen LogP contribution is 2.33. The van der Waals surface area contributed by atoms with E-state index in [2.05, 4.69) is 72.3 Å². The predicted molar refractivity (Wildman–Crippen MR) is 95.0 cm³/mol. The zero-order valence-electron chi connectivity index (χ0n) is 14.6. The van der Waals surface area contributed by atoms with Crippen LogP contribution in [-0.4, -0.2) is 16.1 Å². The van der Waals surface area contributed by atoms with Gasteiger partial charge in [-0.2, -0.15) is 0 Å². The van der Waals surface area contributed by atoms with Crippen molar-refractivity contribution in [3.05, 3.63) is 12.3 Å². The average Bonchev–Trinajstić information content (AvgIpc) is 2.25. The molecule has 0 bridgehead atoms. The molecule has 0 N–H and O–H groups in total. The van der Waals surface area contributed by atoms with Crippen molar-refractivity contribution in [1.82, 2.24) is 0 Å².